The third kappa shape index (κ3) is 3.62. The van der Waals surface area contributed by atoms with Crippen molar-refractivity contribution in [3.05, 3.63) is 53.9 Å². The average Bonchev–Trinajstić information content (AvgIpc) is 3.08. The Morgan fingerprint density at radius 3 is 2.74 bits per heavy atom. The van der Waals surface area contributed by atoms with Crippen LogP contribution in [0.15, 0.2) is 42.7 Å². The lowest BCUT2D eigenvalue weighted by molar-refractivity contribution is 0.0951. The maximum absolute atomic E-state index is 13.2. The SMILES string of the molecule is C=C1C=C(C(F)F)n2ncc(C(=O)NCc3ccc(OC)c(OC)c3)c2N1. The van der Waals surface area contributed by atoms with E-state index in [0.29, 0.717) is 11.5 Å². The highest BCUT2D eigenvalue weighted by molar-refractivity contribution is 6.00. The largest absolute Gasteiger partial charge is 0.493 e. The molecule has 1 aliphatic rings. The summed E-state index contributed by atoms with van der Waals surface area (Å²) in [6.07, 6.45) is -0.318. The topological polar surface area (TPSA) is 77.4 Å². The van der Waals surface area contributed by atoms with Gasteiger partial charge in [-0.3, -0.25) is 4.79 Å². The molecule has 1 aliphatic heterocycles. The molecule has 3 rings (SSSR count). The van der Waals surface area contributed by atoms with Crippen molar-refractivity contribution in [1.29, 1.82) is 0 Å². The molecule has 0 bridgehead atoms. The van der Waals surface area contributed by atoms with Gasteiger partial charge in [0, 0.05) is 12.2 Å². The molecule has 2 aromatic rings. The predicted molar refractivity (Wildman–Crippen MR) is 96.0 cm³/mol. The number of carbonyl (C=O) groups excluding carboxylic acids is 1. The number of fused-ring (bicyclic) bond motifs is 1. The van der Waals surface area contributed by atoms with Gasteiger partial charge in [0.05, 0.1) is 20.4 Å². The number of nitrogens with one attached hydrogen (secondary N) is 2. The second-order valence-corrected chi connectivity index (χ2v) is 5.71. The molecule has 2 N–H and O–H groups in total. The molecule has 142 valence electrons. The molecule has 2 heterocycles. The summed E-state index contributed by atoms with van der Waals surface area (Å²) in [5.74, 6) is 0.814. The quantitative estimate of drug-likeness (QED) is 0.811. The number of aromatic nitrogens is 2. The van der Waals surface area contributed by atoms with Gasteiger partial charge in [-0.25, -0.2) is 13.5 Å². The van der Waals surface area contributed by atoms with Gasteiger partial charge in [-0.05, 0) is 23.8 Å². The van der Waals surface area contributed by atoms with Crippen LogP contribution in [0, 0.1) is 0 Å². The summed E-state index contributed by atoms with van der Waals surface area (Å²) in [6, 6.07) is 5.25. The van der Waals surface area contributed by atoms with E-state index in [1.807, 2.05) is 0 Å². The molecule has 1 aromatic carbocycles. The lowest BCUT2D eigenvalue weighted by atomic mass is 10.2. The van der Waals surface area contributed by atoms with Crippen molar-refractivity contribution in [2.75, 3.05) is 19.5 Å². The molecule has 0 fully saturated rings. The smallest absolute Gasteiger partial charge is 0.280 e. The molecule has 9 heteroatoms. The fraction of sp³-hybridized carbons (Fsp3) is 0.222. The van der Waals surface area contributed by atoms with Crippen molar-refractivity contribution in [1.82, 2.24) is 15.1 Å². The van der Waals surface area contributed by atoms with Crippen LogP contribution >= 0.6 is 0 Å². The number of carbonyl (C=O) groups is 1. The monoisotopic (exact) mass is 376 g/mol. The number of hydrogen-bond acceptors (Lipinski definition) is 5. The Labute approximate surface area is 154 Å². The first-order valence-corrected chi connectivity index (χ1v) is 7.97. The number of amides is 1. The summed E-state index contributed by atoms with van der Waals surface area (Å²) in [5.41, 5.74) is 0.843. The van der Waals surface area contributed by atoms with Crippen LogP contribution in [0.25, 0.3) is 5.70 Å². The molecule has 0 radical (unpaired) electrons. The van der Waals surface area contributed by atoms with Crippen LogP contribution in [-0.2, 0) is 6.54 Å². The minimum absolute atomic E-state index is 0.142. The molecule has 1 amide bonds. The van der Waals surface area contributed by atoms with Crippen LogP contribution in [0.1, 0.15) is 15.9 Å². The summed E-state index contributed by atoms with van der Waals surface area (Å²) >= 11 is 0. The predicted octanol–water partition coefficient (Wildman–Crippen LogP) is 2.88. The van der Waals surface area contributed by atoms with Gasteiger partial charge in [-0.2, -0.15) is 5.10 Å². The van der Waals surface area contributed by atoms with Gasteiger partial charge in [0.25, 0.3) is 12.3 Å². The Morgan fingerprint density at radius 1 is 1.33 bits per heavy atom. The molecule has 7 nitrogen and oxygen atoms in total. The van der Waals surface area contributed by atoms with Gasteiger partial charge in [0.1, 0.15) is 17.1 Å². The van der Waals surface area contributed by atoms with E-state index in [-0.39, 0.29) is 29.3 Å². The van der Waals surface area contributed by atoms with E-state index in [2.05, 4.69) is 22.3 Å². The first kappa shape index (κ1) is 18.4. The van der Waals surface area contributed by atoms with Crippen LogP contribution in [0.3, 0.4) is 0 Å². The number of rotatable bonds is 6. The number of hydrogen-bond donors (Lipinski definition) is 2. The van der Waals surface area contributed by atoms with E-state index in [4.69, 9.17) is 9.47 Å². The fourth-order valence-electron chi connectivity index (χ4n) is 2.68. The number of alkyl halides is 2. The molecule has 0 spiro atoms. The van der Waals surface area contributed by atoms with Crippen LogP contribution in [-0.4, -0.2) is 36.3 Å². The highest BCUT2D eigenvalue weighted by Gasteiger charge is 2.26. The molecule has 1 aromatic heterocycles. The zero-order valence-corrected chi connectivity index (χ0v) is 14.8. The maximum Gasteiger partial charge on any atom is 0.280 e. The number of methoxy groups -OCH3 is 2. The van der Waals surface area contributed by atoms with Crippen molar-refractivity contribution >= 4 is 17.4 Å². The van der Waals surface area contributed by atoms with Gasteiger partial charge in [-0.1, -0.05) is 12.6 Å². The number of benzene rings is 1. The molecular weight excluding hydrogens is 358 g/mol. The highest BCUT2D eigenvalue weighted by Crippen LogP contribution is 2.30. The highest BCUT2D eigenvalue weighted by atomic mass is 19.3. The molecule has 0 saturated carbocycles. The van der Waals surface area contributed by atoms with E-state index < -0.39 is 12.3 Å². The van der Waals surface area contributed by atoms with E-state index in [1.54, 1.807) is 18.2 Å². The summed E-state index contributed by atoms with van der Waals surface area (Å²) in [6.45, 7) is 3.85. The number of allylic oxidation sites excluding steroid dienone is 2. The number of nitrogens with zero attached hydrogens (tertiary/aromatic N) is 2. The van der Waals surface area contributed by atoms with Crippen LogP contribution in [0.4, 0.5) is 14.6 Å². The molecule has 0 saturated heterocycles. The van der Waals surface area contributed by atoms with E-state index in [0.717, 1.165) is 10.2 Å². The minimum atomic E-state index is -2.75. The van der Waals surface area contributed by atoms with Crippen LogP contribution < -0.4 is 20.1 Å². The first-order chi connectivity index (χ1) is 12.9. The summed E-state index contributed by atoms with van der Waals surface area (Å²) in [7, 11) is 3.05. The zero-order chi connectivity index (χ0) is 19.6. The van der Waals surface area contributed by atoms with Crippen molar-refractivity contribution in [2.45, 2.75) is 13.0 Å². The average molecular weight is 376 g/mol. The van der Waals surface area contributed by atoms with E-state index in [9.17, 15) is 13.6 Å². The second-order valence-electron chi connectivity index (χ2n) is 5.71. The van der Waals surface area contributed by atoms with Crippen molar-refractivity contribution < 1.29 is 23.0 Å². The third-order valence-corrected chi connectivity index (χ3v) is 3.98. The van der Waals surface area contributed by atoms with Crippen molar-refractivity contribution in [3.8, 4) is 11.5 Å². The van der Waals surface area contributed by atoms with E-state index >= 15 is 0 Å². The number of anilines is 1. The Bertz CT molecular complexity index is 921. The first-order valence-electron chi connectivity index (χ1n) is 7.97. The molecule has 27 heavy (non-hydrogen) atoms. The maximum atomic E-state index is 13.2. The molecular formula is C18H18F2N4O3. The van der Waals surface area contributed by atoms with Gasteiger partial charge in [-0.15, -0.1) is 0 Å². The fourth-order valence-corrected chi connectivity index (χ4v) is 2.68. The lowest BCUT2D eigenvalue weighted by Crippen LogP contribution is -2.25. The van der Waals surface area contributed by atoms with Gasteiger partial charge >= 0.3 is 0 Å². The Hall–Kier alpha value is -3.36. The van der Waals surface area contributed by atoms with Gasteiger partial charge in [0.2, 0.25) is 0 Å². The summed E-state index contributed by atoms with van der Waals surface area (Å²) in [5, 5.41) is 9.43. The summed E-state index contributed by atoms with van der Waals surface area (Å²) in [4.78, 5) is 12.5. The Morgan fingerprint density at radius 2 is 2.07 bits per heavy atom. The van der Waals surface area contributed by atoms with Crippen molar-refractivity contribution in [3.63, 3.8) is 0 Å². The lowest BCUT2D eigenvalue weighted by Gasteiger charge is -2.19. The van der Waals surface area contributed by atoms with Gasteiger partial charge in [0.15, 0.2) is 11.5 Å². The molecule has 0 unspecified atom stereocenters. The summed E-state index contributed by atoms with van der Waals surface area (Å²) < 4.78 is 37.7. The second kappa shape index (κ2) is 7.48. The molecule has 0 atom stereocenters. The minimum Gasteiger partial charge on any atom is -0.493 e. The van der Waals surface area contributed by atoms with Crippen LogP contribution in [0.5, 0.6) is 11.5 Å². The zero-order valence-electron chi connectivity index (χ0n) is 14.8. The Kier molecular flexibility index (Phi) is 5.11. The standard InChI is InChI=1S/C18H18F2N4O3/c1-10-6-13(16(19)20)24-17(23-10)12(9-22-24)18(25)21-8-11-4-5-14(26-2)15(7-11)27-3/h4-7,9,16,23H,1,8H2,2-3H3,(H,21,25). The number of ether oxygens (including phenoxy) is 2. The Balaban J connectivity index is 1.77. The van der Waals surface area contributed by atoms with Crippen LogP contribution in [0.2, 0.25) is 0 Å². The van der Waals surface area contributed by atoms with E-state index in [1.165, 1.54) is 26.5 Å². The van der Waals surface area contributed by atoms with Gasteiger partial charge < -0.3 is 20.1 Å². The van der Waals surface area contributed by atoms with Crippen molar-refractivity contribution in [2.24, 2.45) is 0 Å². The normalized spacial score (nSPS) is 12.9. The molecule has 0 aliphatic carbocycles. The third-order valence-electron chi connectivity index (χ3n) is 3.98. The number of halogens is 2.